The fraction of sp³-hybridized carbons (Fsp3) is 0.250. The van der Waals surface area contributed by atoms with Crippen LogP contribution in [0.15, 0.2) is 30.9 Å². The average molecular weight is 225 g/mol. The molecular weight excluding hydrogens is 212 g/mol. The maximum atomic E-state index is 13.2. The van der Waals surface area contributed by atoms with Crippen molar-refractivity contribution in [3.8, 4) is 0 Å². The maximum absolute atomic E-state index is 13.2. The molecule has 0 unspecified atom stereocenters. The predicted molar refractivity (Wildman–Crippen MR) is 57.9 cm³/mol. The first-order chi connectivity index (χ1) is 7.63. The Bertz CT molecular complexity index is 391. The molecule has 1 aromatic carbocycles. The number of rotatable bonds is 5. The smallest absolute Gasteiger partial charge is 0.224 e. The van der Waals surface area contributed by atoms with Gasteiger partial charge in [0.1, 0.15) is 11.6 Å². The van der Waals surface area contributed by atoms with Crippen LogP contribution in [0, 0.1) is 11.6 Å². The number of halogens is 2. The Morgan fingerprint density at radius 3 is 2.81 bits per heavy atom. The van der Waals surface area contributed by atoms with Gasteiger partial charge in [-0.3, -0.25) is 4.79 Å². The Labute approximate surface area is 93.0 Å². The van der Waals surface area contributed by atoms with Crippen LogP contribution < -0.4 is 5.32 Å². The maximum Gasteiger partial charge on any atom is 0.224 e. The molecular formula is C12H13F2NO. The Balaban J connectivity index is 2.52. The van der Waals surface area contributed by atoms with Gasteiger partial charge in [-0.2, -0.15) is 0 Å². The molecule has 1 amide bonds. The second-order valence-corrected chi connectivity index (χ2v) is 3.34. The fourth-order valence-electron chi connectivity index (χ4n) is 1.21. The normalized spacial score (nSPS) is 9.88. The molecule has 0 spiro atoms. The molecule has 16 heavy (non-hydrogen) atoms. The Morgan fingerprint density at radius 2 is 2.19 bits per heavy atom. The number of amides is 1. The first-order valence-electron chi connectivity index (χ1n) is 4.95. The van der Waals surface area contributed by atoms with Crippen LogP contribution in [-0.2, 0) is 11.2 Å². The van der Waals surface area contributed by atoms with Crippen molar-refractivity contribution in [1.82, 2.24) is 5.32 Å². The summed E-state index contributed by atoms with van der Waals surface area (Å²) in [5, 5.41) is 2.60. The lowest BCUT2D eigenvalue weighted by molar-refractivity contribution is -0.120. The highest BCUT2D eigenvalue weighted by Gasteiger charge is 2.08. The van der Waals surface area contributed by atoms with Gasteiger partial charge in [0.25, 0.3) is 0 Å². The fourth-order valence-corrected chi connectivity index (χ4v) is 1.21. The van der Waals surface area contributed by atoms with Crippen molar-refractivity contribution >= 4 is 5.91 Å². The molecule has 2 nitrogen and oxygen atoms in total. The number of nitrogens with one attached hydrogen (secondary N) is 1. The average Bonchev–Trinajstić information content (AvgIpc) is 2.23. The third-order valence-electron chi connectivity index (χ3n) is 2.04. The zero-order chi connectivity index (χ0) is 12.0. The van der Waals surface area contributed by atoms with E-state index in [1.165, 1.54) is 6.07 Å². The van der Waals surface area contributed by atoms with Crippen LogP contribution >= 0.6 is 0 Å². The summed E-state index contributed by atoms with van der Waals surface area (Å²) in [6.45, 7) is 3.99. The van der Waals surface area contributed by atoms with Gasteiger partial charge in [0.15, 0.2) is 0 Å². The van der Waals surface area contributed by atoms with Gasteiger partial charge in [0, 0.05) is 12.6 Å². The summed E-state index contributed by atoms with van der Waals surface area (Å²) in [7, 11) is 0. The summed E-state index contributed by atoms with van der Waals surface area (Å²) in [5.41, 5.74) is 0.192. The van der Waals surface area contributed by atoms with E-state index in [2.05, 4.69) is 11.9 Å². The van der Waals surface area contributed by atoms with Crippen LogP contribution in [0.2, 0.25) is 0 Å². The Kier molecular flexibility index (Phi) is 4.64. The largest absolute Gasteiger partial charge is 0.356 e. The van der Waals surface area contributed by atoms with Gasteiger partial charge in [0.2, 0.25) is 5.91 Å². The molecule has 0 saturated heterocycles. The van der Waals surface area contributed by atoms with Crippen LogP contribution in [0.3, 0.4) is 0 Å². The van der Waals surface area contributed by atoms with Crippen molar-refractivity contribution < 1.29 is 13.6 Å². The first kappa shape index (κ1) is 12.4. The molecule has 0 fully saturated rings. The second kappa shape index (κ2) is 6.00. The molecule has 1 aromatic rings. The zero-order valence-electron chi connectivity index (χ0n) is 8.80. The highest BCUT2D eigenvalue weighted by molar-refractivity contribution is 5.78. The molecule has 1 N–H and O–H groups in total. The van der Waals surface area contributed by atoms with Crippen molar-refractivity contribution in [2.45, 2.75) is 12.8 Å². The molecule has 0 bridgehead atoms. The van der Waals surface area contributed by atoms with Gasteiger partial charge >= 0.3 is 0 Å². The highest BCUT2D eigenvalue weighted by Crippen LogP contribution is 2.09. The van der Waals surface area contributed by atoms with E-state index in [9.17, 15) is 13.6 Å². The van der Waals surface area contributed by atoms with Gasteiger partial charge < -0.3 is 5.32 Å². The van der Waals surface area contributed by atoms with Gasteiger partial charge in [-0.25, -0.2) is 8.78 Å². The van der Waals surface area contributed by atoms with E-state index in [1.54, 1.807) is 6.08 Å². The SMILES string of the molecule is C=CCCNC(=O)Cc1ccc(F)cc1F. The molecule has 4 heteroatoms. The first-order valence-corrected chi connectivity index (χ1v) is 4.95. The van der Waals surface area contributed by atoms with Crippen molar-refractivity contribution in [2.75, 3.05) is 6.54 Å². The minimum Gasteiger partial charge on any atom is -0.356 e. The zero-order valence-corrected chi connectivity index (χ0v) is 8.80. The molecule has 0 radical (unpaired) electrons. The molecule has 0 atom stereocenters. The van der Waals surface area contributed by atoms with Crippen molar-refractivity contribution in [3.05, 3.63) is 48.1 Å². The summed E-state index contributed by atoms with van der Waals surface area (Å²) < 4.78 is 25.7. The van der Waals surface area contributed by atoms with Gasteiger partial charge in [-0.05, 0) is 18.1 Å². The van der Waals surface area contributed by atoms with E-state index in [4.69, 9.17) is 0 Å². The minimum absolute atomic E-state index is 0.0801. The van der Waals surface area contributed by atoms with Crippen LogP contribution in [0.25, 0.3) is 0 Å². The highest BCUT2D eigenvalue weighted by atomic mass is 19.1. The number of carbonyl (C=O) groups excluding carboxylic acids is 1. The lowest BCUT2D eigenvalue weighted by Gasteiger charge is -2.04. The lowest BCUT2D eigenvalue weighted by atomic mass is 10.1. The topological polar surface area (TPSA) is 29.1 Å². The summed E-state index contributed by atoms with van der Waals surface area (Å²) in [4.78, 5) is 11.3. The lowest BCUT2D eigenvalue weighted by Crippen LogP contribution is -2.26. The predicted octanol–water partition coefficient (Wildman–Crippen LogP) is 2.20. The third kappa shape index (κ3) is 3.81. The van der Waals surface area contributed by atoms with Crippen LogP contribution in [0.4, 0.5) is 8.78 Å². The molecule has 0 aromatic heterocycles. The van der Waals surface area contributed by atoms with Crippen LogP contribution in [-0.4, -0.2) is 12.5 Å². The molecule has 0 saturated carbocycles. The van der Waals surface area contributed by atoms with Crippen LogP contribution in [0.5, 0.6) is 0 Å². The van der Waals surface area contributed by atoms with Crippen LogP contribution in [0.1, 0.15) is 12.0 Å². The monoisotopic (exact) mass is 225 g/mol. The van der Waals surface area contributed by atoms with E-state index in [0.717, 1.165) is 12.1 Å². The third-order valence-corrected chi connectivity index (χ3v) is 2.04. The standard InChI is InChI=1S/C12H13F2NO/c1-2-3-6-15-12(16)7-9-4-5-10(13)8-11(9)14/h2,4-5,8H,1,3,6-7H2,(H,15,16). The summed E-state index contributed by atoms with van der Waals surface area (Å²) in [6, 6.07) is 3.18. The van der Waals surface area contributed by atoms with E-state index in [1.807, 2.05) is 0 Å². The summed E-state index contributed by atoms with van der Waals surface area (Å²) in [5.74, 6) is -1.63. The number of hydrogen-bond acceptors (Lipinski definition) is 1. The van der Waals surface area contributed by atoms with E-state index in [0.29, 0.717) is 13.0 Å². The van der Waals surface area contributed by atoms with Gasteiger partial charge in [-0.1, -0.05) is 12.1 Å². The second-order valence-electron chi connectivity index (χ2n) is 3.34. The van der Waals surface area contributed by atoms with Crippen molar-refractivity contribution in [2.24, 2.45) is 0 Å². The minimum atomic E-state index is -0.695. The summed E-state index contributed by atoms with van der Waals surface area (Å²) >= 11 is 0. The number of carbonyl (C=O) groups is 1. The number of hydrogen-bond donors (Lipinski definition) is 1. The van der Waals surface area contributed by atoms with E-state index in [-0.39, 0.29) is 17.9 Å². The molecule has 0 aliphatic carbocycles. The molecule has 0 heterocycles. The Hall–Kier alpha value is -1.71. The molecule has 0 aliphatic rings. The Morgan fingerprint density at radius 1 is 1.44 bits per heavy atom. The quantitative estimate of drug-likeness (QED) is 0.604. The molecule has 1 rings (SSSR count). The van der Waals surface area contributed by atoms with E-state index >= 15 is 0 Å². The number of benzene rings is 1. The van der Waals surface area contributed by atoms with Gasteiger partial charge in [0.05, 0.1) is 6.42 Å². The van der Waals surface area contributed by atoms with Gasteiger partial charge in [-0.15, -0.1) is 6.58 Å². The summed E-state index contributed by atoms with van der Waals surface area (Å²) in [6.07, 6.45) is 2.26. The van der Waals surface area contributed by atoms with E-state index < -0.39 is 11.6 Å². The van der Waals surface area contributed by atoms with Crippen molar-refractivity contribution in [3.63, 3.8) is 0 Å². The molecule has 0 aliphatic heterocycles. The van der Waals surface area contributed by atoms with Crippen molar-refractivity contribution in [1.29, 1.82) is 0 Å². The molecule has 86 valence electrons.